The number of alkyl halides is 3. The van der Waals surface area contributed by atoms with Crippen molar-refractivity contribution < 1.29 is 22.5 Å². The molecule has 0 spiro atoms. The highest BCUT2D eigenvalue weighted by atomic mass is 19.4. The molecule has 0 N–H and O–H groups in total. The van der Waals surface area contributed by atoms with E-state index in [1.54, 1.807) is 0 Å². The van der Waals surface area contributed by atoms with Crippen LogP contribution in [-0.2, 0) is 17.0 Å². The Balaban J connectivity index is 1.45. The summed E-state index contributed by atoms with van der Waals surface area (Å²) in [5.74, 6) is 0.735. The molecule has 2 heterocycles. The second-order valence-electron chi connectivity index (χ2n) is 18.0. The summed E-state index contributed by atoms with van der Waals surface area (Å²) in [6.07, 6.45) is -4.51. The van der Waals surface area contributed by atoms with E-state index in [2.05, 4.69) is 127 Å². The normalized spacial score (nSPS) is 13.7. The lowest BCUT2D eigenvalue weighted by Crippen LogP contribution is -2.40. The van der Waals surface area contributed by atoms with Crippen molar-refractivity contribution in [3.05, 3.63) is 202 Å². The topological polar surface area (TPSA) is 35.8 Å². The van der Waals surface area contributed by atoms with Crippen LogP contribution in [0, 0.1) is 6.92 Å². The number of aryl methyl sites for hydroxylation is 1. The second kappa shape index (κ2) is 16.4. The Labute approximate surface area is 363 Å². The van der Waals surface area contributed by atoms with Crippen molar-refractivity contribution in [1.29, 1.82) is 0 Å². The zero-order chi connectivity index (χ0) is 44.0. The molecular formula is C54H50BF3N2O2. The summed E-state index contributed by atoms with van der Waals surface area (Å²) < 4.78 is 57.1. The SMILES string of the molecule is C/C(=C1/N=C(c2ccccc2)c2ccccc21)c1c(-c2ccc(C(C)(C)C)cc2)cc(-c2ccc(C(C)(C)C)cc2)n1B(Oc1ccc(C)cc1)Oc1ccc(C(F)(F)F)cc1. The highest BCUT2D eigenvalue weighted by molar-refractivity contribution is 6.46. The molecule has 0 unspecified atom stereocenters. The molecule has 4 nitrogen and oxygen atoms in total. The van der Waals surface area contributed by atoms with Gasteiger partial charge in [-0.15, -0.1) is 0 Å². The Bertz CT molecular complexity index is 2770. The predicted octanol–water partition coefficient (Wildman–Crippen LogP) is 14.5. The van der Waals surface area contributed by atoms with Crippen molar-refractivity contribution in [3.8, 4) is 33.9 Å². The Morgan fingerprint density at radius 3 is 1.55 bits per heavy atom. The molecular weight excluding hydrogens is 776 g/mol. The first-order valence-electron chi connectivity index (χ1n) is 21.0. The fraction of sp³-hybridized carbons (Fsp3) is 0.204. The molecule has 0 saturated heterocycles. The third kappa shape index (κ3) is 8.65. The Morgan fingerprint density at radius 1 is 0.532 bits per heavy atom. The number of hydrogen-bond acceptors (Lipinski definition) is 3. The van der Waals surface area contributed by atoms with Gasteiger partial charge in [0.15, 0.2) is 0 Å². The minimum Gasteiger partial charge on any atom is -0.507 e. The monoisotopic (exact) mass is 826 g/mol. The predicted molar refractivity (Wildman–Crippen MR) is 249 cm³/mol. The smallest absolute Gasteiger partial charge is 0.507 e. The molecule has 8 rings (SSSR count). The maximum atomic E-state index is 13.8. The maximum absolute atomic E-state index is 13.8. The molecule has 0 amide bonds. The number of hydrogen-bond donors (Lipinski definition) is 0. The van der Waals surface area contributed by atoms with E-state index in [1.165, 1.54) is 23.3 Å². The van der Waals surface area contributed by atoms with Crippen LogP contribution in [0.4, 0.5) is 13.2 Å². The highest BCUT2D eigenvalue weighted by Gasteiger charge is 2.38. The third-order valence-corrected chi connectivity index (χ3v) is 11.5. The summed E-state index contributed by atoms with van der Waals surface area (Å²) in [6.45, 7) is 17.2. The lowest BCUT2D eigenvalue weighted by molar-refractivity contribution is -0.137. The molecule has 0 saturated carbocycles. The molecule has 0 atom stereocenters. The molecule has 8 heteroatoms. The summed E-state index contributed by atoms with van der Waals surface area (Å²) in [6, 6.07) is 50.2. The number of aliphatic imine (C=N–C) groups is 1. The molecule has 1 aliphatic rings. The van der Waals surface area contributed by atoms with Crippen LogP contribution in [0.15, 0.2) is 163 Å². The number of benzene rings is 6. The molecule has 7 aromatic rings. The van der Waals surface area contributed by atoms with Gasteiger partial charge in [-0.2, -0.15) is 13.2 Å². The first kappa shape index (κ1) is 42.2. The van der Waals surface area contributed by atoms with Crippen LogP contribution < -0.4 is 9.31 Å². The third-order valence-electron chi connectivity index (χ3n) is 11.5. The summed E-state index contributed by atoms with van der Waals surface area (Å²) in [5.41, 5.74) is 12.4. The number of halogens is 3. The van der Waals surface area contributed by atoms with Gasteiger partial charge in [0.25, 0.3) is 0 Å². The van der Waals surface area contributed by atoms with Gasteiger partial charge in [0.1, 0.15) is 11.5 Å². The summed E-state index contributed by atoms with van der Waals surface area (Å²) in [7, 11) is -1.20. The molecule has 1 aromatic heterocycles. The zero-order valence-electron chi connectivity index (χ0n) is 36.4. The fourth-order valence-electron chi connectivity index (χ4n) is 7.90. The van der Waals surface area contributed by atoms with Gasteiger partial charge in [0, 0.05) is 33.6 Å². The number of nitrogens with zero attached hydrogens (tertiary/aromatic N) is 2. The lowest BCUT2D eigenvalue weighted by atomic mass is 9.86. The molecule has 6 aromatic carbocycles. The Morgan fingerprint density at radius 2 is 1.02 bits per heavy atom. The lowest BCUT2D eigenvalue weighted by Gasteiger charge is -2.24. The average Bonchev–Trinajstić information content (AvgIpc) is 3.84. The molecule has 1 aliphatic heterocycles. The average molecular weight is 827 g/mol. The van der Waals surface area contributed by atoms with Crippen LogP contribution in [0.1, 0.15) is 93.1 Å². The van der Waals surface area contributed by atoms with Gasteiger partial charge in [0.05, 0.1) is 17.0 Å². The van der Waals surface area contributed by atoms with Crippen LogP contribution >= 0.6 is 0 Å². The summed E-state index contributed by atoms with van der Waals surface area (Å²) in [4.78, 5) is 5.41. The first-order valence-corrected chi connectivity index (χ1v) is 21.0. The van der Waals surface area contributed by atoms with Crippen LogP contribution in [0.2, 0.25) is 0 Å². The van der Waals surface area contributed by atoms with Gasteiger partial charge >= 0.3 is 13.4 Å². The van der Waals surface area contributed by atoms with E-state index in [4.69, 9.17) is 14.3 Å². The second-order valence-corrected chi connectivity index (χ2v) is 18.0. The number of aromatic nitrogens is 1. The van der Waals surface area contributed by atoms with Crippen molar-refractivity contribution >= 4 is 24.2 Å². The van der Waals surface area contributed by atoms with E-state index >= 15 is 0 Å². The molecule has 0 bridgehead atoms. The molecule has 0 fully saturated rings. The number of rotatable bonds is 9. The van der Waals surface area contributed by atoms with Crippen molar-refractivity contribution in [2.45, 2.75) is 72.4 Å². The minimum atomic E-state index is -4.51. The van der Waals surface area contributed by atoms with Crippen molar-refractivity contribution in [1.82, 2.24) is 4.48 Å². The minimum absolute atomic E-state index is 0.0657. The fourth-order valence-corrected chi connectivity index (χ4v) is 7.90. The Hall–Kier alpha value is -6.54. The van der Waals surface area contributed by atoms with E-state index in [1.807, 2.05) is 66.0 Å². The van der Waals surface area contributed by atoms with Crippen LogP contribution in [0.5, 0.6) is 11.5 Å². The van der Waals surface area contributed by atoms with E-state index in [-0.39, 0.29) is 16.6 Å². The summed E-state index contributed by atoms with van der Waals surface area (Å²) >= 11 is 0. The van der Waals surface area contributed by atoms with Crippen molar-refractivity contribution in [2.75, 3.05) is 0 Å². The quantitative estimate of drug-likeness (QED) is 0.136. The Kier molecular flexibility index (Phi) is 11.1. The number of allylic oxidation sites excluding steroid dienone is 1. The van der Waals surface area contributed by atoms with Crippen LogP contribution in [0.25, 0.3) is 33.7 Å². The van der Waals surface area contributed by atoms with Gasteiger partial charge in [-0.25, -0.2) is 4.99 Å². The van der Waals surface area contributed by atoms with E-state index < -0.39 is 19.0 Å². The van der Waals surface area contributed by atoms with Crippen LogP contribution in [0.3, 0.4) is 0 Å². The van der Waals surface area contributed by atoms with Gasteiger partial charge in [-0.05, 0) is 95.0 Å². The van der Waals surface area contributed by atoms with Crippen molar-refractivity contribution in [3.63, 3.8) is 0 Å². The van der Waals surface area contributed by atoms with Crippen LogP contribution in [-0.4, -0.2) is 17.4 Å². The largest absolute Gasteiger partial charge is 0.743 e. The van der Waals surface area contributed by atoms with Gasteiger partial charge < -0.3 is 13.8 Å². The van der Waals surface area contributed by atoms with E-state index in [0.717, 1.165) is 79.4 Å². The highest BCUT2D eigenvalue weighted by Crippen LogP contribution is 2.44. The molecule has 0 aliphatic carbocycles. The maximum Gasteiger partial charge on any atom is 0.743 e. The molecule has 62 heavy (non-hydrogen) atoms. The van der Waals surface area contributed by atoms with Gasteiger partial charge in [-0.3, -0.25) is 0 Å². The number of fused-ring (bicyclic) bond motifs is 1. The van der Waals surface area contributed by atoms with E-state index in [0.29, 0.717) is 5.75 Å². The standard InChI is InChI=1S/C54H50BF3N2O2/c1-35-18-30-43(31-19-35)61-55(62-44-32-28-42(29-33-44)54(56,57)58)60-48(38-22-26-41(27-23-38)53(6,7)8)34-47(37-20-24-40(25-21-37)52(3,4)5)51(60)36(2)49-45-16-12-13-17-46(45)50(59-49)39-14-10-9-11-15-39/h9-34H,1-8H3/b49-36-. The molecule has 0 radical (unpaired) electrons. The zero-order valence-corrected chi connectivity index (χ0v) is 36.4. The molecule has 312 valence electrons. The first-order chi connectivity index (χ1) is 29.5. The van der Waals surface area contributed by atoms with Gasteiger partial charge in [-0.1, -0.05) is 162 Å². The van der Waals surface area contributed by atoms with Gasteiger partial charge in [0.2, 0.25) is 0 Å². The van der Waals surface area contributed by atoms with Crippen molar-refractivity contribution in [2.24, 2.45) is 4.99 Å². The van der Waals surface area contributed by atoms with E-state index in [9.17, 15) is 13.2 Å². The summed E-state index contributed by atoms with van der Waals surface area (Å²) in [5, 5.41) is 0.